The number of hydrogen-bond donors (Lipinski definition) is 2. The first-order valence-electron chi connectivity index (χ1n) is 3.62. The second-order valence-corrected chi connectivity index (χ2v) is 2.84. The second-order valence-electron chi connectivity index (χ2n) is 2.43. The van der Waals surface area contributed by atoms with Gasteiger partial charge in [0.15, 0.2) is 0 Å². The molecule has 0 unspecified atom stereocenters. The van der Waals surface area contributed by atoms with Gasteiger partial charge in [0.1, 0.15) is 0 Å². The first-order valence-corrected chi connectivity index (χ1v) is 3.99. The average Bonchev–Trinajstić information content (AvgIpc) is 2.11. The quantitative estimate of drug-likeness (QED) is 0.562. The van der Waals surface area contributed by atoms with E-state index >= 15 is 0 Å². The van der Waals surface area contributed by atoms with Crippen LogP contribution in [0.25, 0.3) is 0 Å². The lowest BCUT2D eigenvalue weighted by atomic mass is 10.3. The van der Waals surface area contributed by atoms with Crippen molar-refractivity contribution < 1.29 is 4.79 Å². The van der Waals surface area contributed by atoms with Gasteiger partial charge in [-0.2, -0.15) is 0 Å². The highest BCUT2D eigenvalue weighted by molar-refractivity contribution is 6.34. The van der Waals surface area contributed by atoms with Gasteiger partial charge in [0.2, 0.25) is 5.91 Å². The molecule has 0 aliphatic carbocycles. The zero-order chi connectivity index (χ0) is 9.84. The van der Waals surface area contributed by atoms with E-state index in [2.05, 4.69) is 11.9 Å². The maximum Gasteiger partial charge on any atom is 0.247 e. The molecule has 0 aromatic heterocycles. The normalized spacial score (nSPS) is 9.31. The molecule has 0 aliphatic rings. The SMILES string of the molecule is C=CC(=O)Nc1cc(N)ccc1Cl. The van der Waals surface area contributed by atoms with Crippen LogP contribution >= 0.6 is 11.6 Å². The maximum absolute atomic E-state index is 10.9. The minimum Gasteiger partial charge on any atom is -0.399 e. The molecule has 0 atom stereocenters. The van der Waals surface area contributed by atoms with Crippen LogP contribution in [-0.4, -0.2) is 5.91 Å². The van der Waals surface area contributed by atoms with Crippen molar-refractivity contribution in [2.24, 2.45) is 0 Å². The van der Waals surface area contributed by atoms with E-state index in [0.717, 1.165) is 0 Å². The van der Waals surface area contributed by atoms with Crippen molar-refractivity contribution in [2.45, 2.75) is 0 Å². The molecule has 0 saturated heterocycles. The number of amides is 1. The Morgan fingerprint density at radius 3 is 2.92 bits per heavy atom. The molecule has 0 bridgehead atoms. The largest absolute Gasteiger partial charge is 0.399 e. The summed E-state index contributed by atoms with van der Waals surface area (Å²) in [5, 5.41) is 2.98. The smallest absolute Gasteiger partial charge is 0.247 e. The summed E-state index contributed by atoms with van der Waals surface area (Å²) < 4.78 is 0. The van der Waals surface area contributed by atoms with E-state index in [1.54, 1.807) is 18.2 Å². The minimum absolute atomic E-state index is 0.312. The zero-order valence-electron chi connectivity index (χ0n) is 6.88. The van der Waals surface area contributed by atoms with Gasteiger partial charge in [-0.15, -0.1) is 0 Å². The maximum atomic E-state index is 10.9. The Bertz CT molecular complexity index is 349. The van der Waals surface area contributed by atoms with Crippen LogP contribution < -0.4 is 11.1 Å². The van der Waals surface area contributed by atoms with Gasteiger partial charge in [0.25, 0.3) is 0 Å². The Labute approximate surface area is 81.2 Å². The molecular weight excluding hydrogens is 188 g/mol. The average molecular weight is 197 g/mol. The third-order valence-electron chi connectivity index (χ3n) is 1.43. The number of halogens is 1. The van der Waals surface area contributed by atoms with Crippen LogP contribution in [0.15, 0.2) is 30.9 Å². The molecule has 13 heavy (non-hydrogen) atoms. The van der Waals surface area contributed by atoms with Crippen LogP contribution in [0.1, 0.15) is 0 Å². The summed E-state index contributed by atoms with van der Waals surface area (Å²) in [6.07, 6.45) is 1.17. The predicted octanol–water partition coefficient (Wildman–Crippen LogP) is 2.05. The second kappa shape index (κ2) is 3.96. The van der Waals surface area contributed by atoms with Crippen molar-refractivity contribution in [2.75, 3.05) is 11.1 Å². The third kappa shape index (κ3) is 2.49. The molecule has 0 saturated carbocycles. The van der Waals surface area contributed by atoms with Gasteiger partial charge in [-0.3, -0.25) is 4.79 Å². The topological polar surface area (TPSA) is 55.1 Å². The molecule has 0 fully saturated rings. The van der Waals surface area contributed by atoms with E-state index in [-0.39, 0.29) is 5.91 Å². The standard InChI is InChI=1S/C9H9ClN2O/c1-2-9(13)12-8-5-6(11)3-4-7(8)10/h2-5H,1,11H2,(H,12,13). The number of hydrogen-bond acceptors (Lipinski definition) is 2. The molecule has 68 valence electrons. The molecular formula is C9H9ClN2O. The van der Waals surface area contributed by atoms with Gasteiger partial charge in [-0.25, -0.2) is 0 Å². The van der Waals surface area contributed by atoms with Crippen molar-refractivity contribution in [1.82, 2.24) is 0 Å². The molecule has 4 heteroatoms. The summed E-state index contributed by atoms with van der Waals surface area (Å²) in [6.45, 7) is 3.32. The van der Waals surface area contributed by atoms with E-state index in [9.17, 15) is 4.79 Å². The van der Waals surface area contributed by atoms with Gasteiger partial charge in [-0.05, 0) is 24.3 Å². The number of anilines is 2. The van der Waals surface area contributed by atoms with E-state index in [0.29, 0.717) is 16.4 Å². The Morgan fingerprint density at radius 1 is 1.62 bits per heavy atom. The van der Waals surface area contributed by atoms with Gasteiger partial charge in [0.05, 0.1) is 10.7 Å². The number of nitrogens with two attached hydrogens (primary N) is 1. The molecule has 1 amide bonds. The molecule has 0 aliphatic heterocycles. The highest BCUT2D eigenvalue weighted by Gasteiger charge is 2.02. The van der Waals surface area contributed by atoms with Crippen LogP contribution in [0.3, 0.4) is 0 Å². The molecule has 1 aromatic rings. The minimum atomic E-state index is -0.312. The van der Waals surface area contributed by atoms with E-state index in [1.165, 1.54) is 6.08 Å². The number of benzene rings is 1. The summed E-state index contributed by atoms with van der Waals surface area (Å²) in [7, 11) is 0. The third-order valence-corrected chi connectivity index (χ3v) is 1.76. The fourth-order valence-electron chi connectivity index (χ4n) is 0.822. The number of rotatable bonds is 2. The number of carbonyl (C=O) groups is 1. The Morgan fingerprint density at radius 2 is 2.31 bits per heavy atom. The molecule has 1 rings (SSSR count). The van der Waals surface area contributed by atoms with Crippen LogP contribution in [0.5, 0.6) is 0 Å². The molecule has 3 nitrogen and oxygen atoms in total. The van der Waals surface area contributed by atoms with Crippen LogP contribution in [0.4, 0.5) is 11.4 Å². The first kappa shape index (κ1) is 9.61. The van der Waals surface area contributed by atoms with Crippen LogP contribution in [0.2, 0.25) is 5.02 Å². The van der Waals surface area contributed by atoms with Gasteiger partial charge >= 0.3 is 0 Å². The zero-order valence-corrected chi connectivity index (χ0v) is 7.64. The van der Waals surface area contributed by atoms with Crippen LogP contribution in [-0.2, 0) is 4.79 Å². The van der Waals surface area contributed by atoms with Crippen LogP contribution in [0, 0.1) is 0 Å². The first-order chi connectivity index (χ1) is 6.13. The lowest BCUT2D eigenvalue weighted by molar-refractivity contribution is -0.111. The summed E-state index contributed by atoms with van der Waals surface area (Å²) >= 11 is 5.79. The van der Waals surface area contributed by atoms with Crippen molar-refractivity contribution in [3.63, 3.8) is 0 Å². The summed E-state index contributed by atoms with van der Waals surface area (Å²) in [5.74, 6) is -0.312. The lowest BCUT2D eigenvalue weighted by Gasteiger charge is -2.05. The van der Waals surface area contributed by atoms with Gasteiger partial charge < -0.3 is 11.1 Å². The number of nitrogen functional groups attached to an aromatic ring is 1. The van der Waals surface area contributed by atoms with E-state index < -0.39 is 0 Å². The van der Waals surface area contributed by atoms with Crippen molar-refractivity contribution in [3.8, 4) is 0 Å². The van der Waals surface area contributed by atoms with Crippen molar-refractivity contribution in [1.29, 1.82) is 0 Å². The number of carbonyl (C=O) groups excluding carboxylic acids is 1. The molecule has 0 radical (unpaired) electrons. The molecule has 0 spiro atoms. The highest BCUT2D eigenvalue weighted by Crippen LogP contribution is 2.23. The fourth-order valence-corrected chi connectivity index (χ4v) is 0.987. The van der Waals surface area contributed by atoms with Crippen molar-refractivity contribution in [3.05, 3.63) is 35.9 Å². The lowest BCUT2D eigenvalue weighted by Crippen LogP contribution is -2.07. The Kier molecular flexibility index (Phi) is 2.93. The molecule has 0 heterocycles. The van der Waals surface area contributed by atoms with E-state index in [1.807, 2.05) is 0 Å². The van der Waals surface area contributed by atoms with E-state index in [4.69, 9.17) is 17.3 Å². The van der Waals surface area contributed by atoms with Gasteiger partial charge in [0, 0.05) is 5.69 Å². The fraction of sp³-hybridized carbons (Fsp3) is 0. The predicted molar refractivity (Wildman–Crippen MR) is 54.7 cm³/mol. The Hall–Kier alpha value is -1.48. The monoisotopic (exact) mass is 196 g/mol. The molecule has 1 aromatic carbocycles. The highest BCUT2D eigenvalue weighted by atomic mass is 35.5. The Balaban J connectivity index is 2.93. The summed E-state index contributed by atoms with van der Waals surface area (Å²) in [6, 6.07) is 4.87. The van der Waals surface area contributed by atoms with Crippen molar-refractivity contribution >= 4 is 28.9 Å². The van der Waals surface area contributed by atoms with Gasteiger partial charge in [-0.1, -0.05) is 18.2 Å². The number of nitrogens with one attached hydrogen (secondary N) is 1. The summed E-state index contributed by atoms with van der Waals surface area (Å²) in [4.78, 5) is 10.9. The molecule has 3 N–H and O–H groups in total. The summed E-state index contributed by atoms with van der Waals surface area (Å²) in [5.41, 5.74) is 6.55.